The number of nitrogens with one attached hydrogen (secondary N) is 1. The molecule has 0 aromatic carbocycles. The van der Waals surface area contributed by atoms with Crippen molar-refractivity contribution in [3.05, 3.63) is 19.4 Å². The van der Waals surface area contributed by atoms with E-state index >= 15 is 0 Å². The monoisotopic (exact) mass is 462 g/mol. The molecule has 2 atom stereocenters. The maximum Gasteiger partial charge on any atom is 0.410 e. The number of hydrogen-bond acceptors (Lipinski definition) is 4. The van der Waals surface area contributed by atoms with E-state index in [0.29, 0.717) is 6.04 Å². The average Bonchev–Trinajstić information content (AvgIpc) is 3.08. The first kappa shape index (κ1) is 18.5. The molecule has 6 heteroatoms. The number of carbonyl (C=O) groups is 1. The molecule has 1 N–H and O–H groups in total. The van der Waals surface area contributed by atoms with Crippen LogP contribution >= 0.6 is 33.9 Å². The highest BCUT2D eigenvalue weighted by molar-refractivity contribution is 14.1. The Labute approximate surface area is 162 Å². The minimum atomic E-state index is -0.427. The number of nitrogens with zero attached hydrogens (tertiary/aromatic N) is 1. The van der Waals surface area contributed by atoms with Gasteiger partial charge in [0.25, 0.3) is 0 Å². The first-order valence-corrected chi connectivity index (χ1v) is 10.7. The summed E-state index contributed by atoms with van der Waals surface area (Å²) >= 11 is 4.35. The van der Waals surface area contributed by atoms with Crippen LogP contribution in [0.15, 0.2) is 6.07 Å². The van der Waals surface area contributed by atoms with Crippen LogP contribution in [0.25, 0.3) is 0 Å². The summed E-state index contributed by atoms with van der Waals surface area (Å²) in [6.45, 7) is 7.45. The highest BCUT2D eigenvalue weighted by Gasteiger charge is 2.33. The van der Waals surface area contributed by atoms with Crippen LogP contribution < -0.4 is 5.32 Å². The Morgan fingerprint density at radius 3 is 2.96 bits per heavy atom. The second-order valence-corrected chi connectivity index (χ2v) is 10.8. The Morgan fingerprint density at radius 2 is 2.21 bits per heavy atom. The lowest BCUT2D eigenvalue weighted by atomic mass is 9.94. The van der Waals surface area contributed by atoms with Gasteiger partial charge in [-0.2, -0.15) is 0 Å². The third-order valence-electron chi connectivity index (χ3n) is 4.69. The van der Waals surface area contributed by atoms with Crippen LogP contribution in [-0.2, 0) is 11.2 Å². The predicted octanol–water partition coefficient (Wildman–Crippen LogP) is 4.72. The zero-order chi connectivity index (χ0) is 17.3. The van der Waals surface area contributed by atoms with Crippen LogP contribution in [0, 0.1) is 2.88 Å². The zero-order valence-electron chi connectivity index (χ0n) is 14.7. The molecule has 1 saturated heterocycles. The molecule has 0 saturated carbocycles. The molecule has 0 radical (unpaired) electrons. The third-order valence-corrected chi connectivity index (χ3v) is 6.66. The summed E-state index contributed by atoms with van der Waals surface area (Å²) < 4.78 is 6.94. The molecular formula is C18H27IN2O2S. The van der Waals surface area contributed by atoms with Crippen molar-refractivity contribution >= 4 is 40.0 Å². The fourth-order valence-corrected chi connectivity index (χ4v) is 5.74. The van der Waals surface area contributed by atoms with Gasteiger partial charge in [-0.25, -0.2) is 4.79 Å². The van der Waals surface area contributed by atoms with Crippen molar-refractivity contribution < 1.29 is 9.53 Å². The smallest absolute Gasteiger partial charge is 0.410 e. The number of likely N-dealkylation sites (tertiary alicyclic amines) is 1. The lowest BCUT2D eigenvalue weighted by Gasteiger charge is -2.31. The van der Waals surface area contributed by atoms with Gasteiger partial charge < -0.3 is 15.0 Å². The topological polar surface area (TPSA) is 41.6 Å². The van der Waals surface area contributed by atoms with Gasteiger partial charge in [-0.05, 0) is 87.1 Å². The molecule has 0 bridgehead atoms. The number of ether oxygens (including phenoxy) is 1. The second-order valence-electron chi connectivity index (χ2n) is 7.75. The van der Waals surface area contributed by atoms with Crippen LogP contribution in [0.5, 0.6) is 0 Å². The average molecular weight is 462 g/mol. The maximum atomic E-state index is 12.4. The summed E-state index contributed by atoms with van der Waals surface area (Å²) in [5.41, 5.74) is 1.06. The van der Waals surface area contributed by atoms with Gasteiger partial charge in [0.1, 0.15) is 5.60 Å². The van der Waals surface area contributed by atoms with E-state index in [2.05, 4.69) is 34.0 Å². The molecule has 1 aliphatic carbocycles. The number of carbonyl (C=O) groups excluding carboxylic acids is 1. The zero-order valence-corrected chi connectivity index (χ0v) is 17.7. The van der Waals surface area contributed by atoms with Crippen molar-refractivity contribution in [3.63, 3.8) is 0 Å². The molecule has 2 unspecified atom stereocenters. The SMILES string of the molecule is CC(C)(C)OC(=O)N1CCCC1CNC1CCCc2sc(I)cc21. The van der Waals surface area contributed by atoms with Gasteiger partial charge in [-0.15, -0.1) is 11.3 Å². The van der Waals surface area contributed by atoms with E-state index in [1.807, 2.05) is 37.0 Å². The Balaban J connectivity index is 1.59. The molecule has 2 heterocycles. The Morgan fingerprint density at radius 1 is 1.42 bits per heavy atom. The molecule has 1 amide bonds. The van der Waals surface area contributed by atoms with Gasteiger partial charge >= 0.3 is 6.09 Å². The van der Waals surface area contributed by atoms with Crippen molar-refractivity contribution in [2.75, 3.05) is 13.1 Å². The van der Waals surface area contributed by atoms with Crippen molar-refractivity contribution in [1.82, 2.24) is 10.2 Å². The molecule has 1 fully saturated rings. The van der Waals surface area contributed by atoms with E-state index in [1.54, 1.807) is 4.88 Å². The lowest BCUT2D eigenvalue weighted by molar-refractivity contribution is 0.0224. The van der Waals surface area contributed by atoms with Crippen LogP contribution in [0.1, 0.15) is 62.9 Å². The molecule has 1 aromatic rings. The minimum absolute atomic E-state index is 0.166. The first-order chi connectivity index (χ1) is 11.3. The normalized spacial score (nSPS) is 24.1. The molecule has 2 aliphatic rings. The largest absolute Gasteiger partial charge is 0.444 e. The number of aryl methyl sites for hydroxylation is 1. The van der Waals surface area contributed by atoms with Crippen LogP contribution in [-0.4, -0.2) is 35.7 Å². The molecule has 0 spiro atoms. The van der Waals surface area contributed by atoms with Gasteiger partial charge in [0.2, 0.25) is 0 Å². The molecule has 3 rings (SSSR count). The molecule has 1 aliphatic heterocycles. The minimum Gasteiger partial charge on any atom is -0.444 e. The highest BCUT2D eigenvalue weighted by Crippen LogP contribution is 2.36. The van der Waals surface area contributed by atoms with Gasteiger partial charge in [0.15, 0.2) is 0 Å². The van der Waals surface area contributed by atoms with Crippen molar-refractivity contribution in [1.29, 1.82) is 0 Å². The van der Waals surface area contributed by atoms with Crippen molar-refractivity contribution in [2.24, 2.45) is 0 Å². The Bertz CT molecular complexity index is 596. The molecule has 24 heavy (non-hydrogen) atoms. The van der Waals surface area contributed by atoms with E-state index in [-0.39, 0.29) is 12.1 Å². The molecular weight excluding hydrogens is 435 g/mol. The number of thiophene rings is 1. The number of fused-ring (bicyclic) bond motifs is 1. The van der Waals surface area contributed by atoms with Crippen molar-refractivity contribution in [2.45, 2.75) is 70.6 Å². The predicted molar refractivity (Wildman–Crippen MR) is 107 cm³/mol. The number of rotatable bonds is 3. The summed E-state index contributed by atoms with van der Waals surface area (Å²) in [6, 6.07) is 3.02. The first-order valence-electron chi connectivity index (χ1n) is 8.84. The number of halogens is 1. The quantitative estimate of drug-likeness (QED) is 0.662. The van der Waals surface area contributed by atoms with Gasteiger partial charge in [0, 0.05) is 30.1 Å². The van der Waals surface area contributed by atoms with E-state index < -0.39 is 5.60 Å². The summed E-state index contributed by atoms with van der Waals surface area (Å²) in [5.74, 6) is 0. The number of hydrogen-bond donors (Lipinski definition) is 1. The van der Waals surface area contributed by atoms with E-state index in [4.69, 9.17) is 4.74 Å². The Hall–Kier alpha value is -0.340. The fraction of sp³-hybridized carbons (Fsp3) is 0.722. The number of amides is 1. The van der Waals surface area contributed by atoms with Gasteiger partial charge in [0.05, 0.1) is 2.88 Å². The Kier molecular flexibility index (Phi) is 5.76. The van der Waals surface area contributed by atoms with Crippen LogP contribution in [0.2, 0.25) is 0 Å². The van der Waals surface area contributed by atoms with E-state index in [9.17, 15) is 4.79 Å². The fourth-order valence-electron chi connectivity index (χ4n) is 3.62. The third kappa shape index (κ3) is 4.43. The van der Waals surface area contributed by atoms with Crippen LogP contribution in [0.4, 0.5) is 4.79 Å². The van der Waals surface area contributed by atoms with E-state index in [1.165, 1.54) is 27.7 Å². The van der Waals surface area contributed by atoms with Gasteiger partial charge in [-0.1, -0.05) is 0 Å². The summed E-state index contributed by atoms with van der Waals surface area (Å²) in [7, 11) is 0. The summed E-state index contributed by atoms with van der Waals surface area (Å²) in [5, 5.41) is 3.73. The van der Waals surface area contributed by atoms with Crippen molar-refractivity contribution in [3.8, 4) is 0 Å². The highest BCUT2D eigenvalue weighted by atomic mass is 127. The summed E-state index contributed by atoms with van der Waals surface area (Å²) in [4.78, 5) is 15.9. The lowest BCUT2D eigenvalue weighted by Crippen LogP contribution is -2.44. The molecule has 134 valence electrons. The van der Waals surface area contributed by atoms with Crippen LogP contribution in [0.3, 0.4) is 0 Å². The maximum absolute atomic E-state index is 12.4. The summed E-state index contributed by atoms with van der Waals surface area (Å²) in [6.07, 6.45) is 5.63. The second kappa shape index (κ2) is 7.50. The molecule has 1 aromatic heterocycles. The van der Waals surface area contributed by atoms with Gasteiger partial charge in [-0.3, -0.25) is 0 Å². The molecule has 4 nitrogen and oxygen atoms in total. The standard InChI is InChI=1S/C18H27IN2O2S/c1-18(2,3)23-17(22)21-9-5-6-12(21)11-20-14-7-4-8-15-13(14)10-16(19)24-15/h10,12,14,20H,4-9,11H2,1-3H3. The van der Waals surface area contributed by atoms with E-state index in [0.717, 1.165) is 25.9 Å².